The van der Waals surface area contributed by atoms with Gasteiger partial charge in [0.2, 0.25) is 0 Å². The van der Waals surface area contributed by atoms with Crippen LogP contribution < -0.4 is 5.73 Å². The van der Waals surface area contributed by atoms with Crippen molar-refractivity contribution in [1.82, 2.24) is 0 Å². The molecule has 0 amide bonds. The van der Waals surface area contributed by atoms with Gasteiger partial charge in [-0.2, -0.15) is 11.8 Å². The van der Waals surface area contributed by atoms with E-state index < -0.39 is 0 Å². The first kappa shape index (κ1) is 13.3. The van der Waals surface area contributed by atoms with Crippen molar-refractivity contribution >= 4 is 11.8 Å². The van der Waals surface area contributed by atoms with E-state index in [2.05, 4.69) is 34.6 Å². The summed E-state index contributed by atoms with van der Waals surface area (Å²) >= 11 is 2.04. The minimum absolute atomic E-state index is 0.00295. The summed E-state index contributed by atoms with van der Waals surface area (Å²) in [5.41, 5.74) is 5.61. The molecule has 2 atom stereocenters. The molecular formula is C12H25NOS. The number of hydrogen-bond acceptors (Lipinski definition) is 3. The fourth-order valence-electron chi connectivity index (χ4n) is 2.31. The minimum atomic E-state index is -0.00295. The number of thioether (sulfide) groups is 1. The molecule has 0 aromatic rings. The first-order valence-electron chi connectivity index (χ1n) is 5.82. The van der Waals surface area contributed by atoms with Crippen molar-refractivity contribution < 1.29 is 4.74 Å². The Kier molecular flexibility index (Phi) is 4.13. The third-order valence-corrected chi connectivity index (χ3v) is 4.72. The summed E-state index contributed by atoms with van der Waals surface area (Å²) in [7, 11) is 0. The number of rotatable bonds is 4. The van der Waals surface area contributed by atoms with Gasteiger partial charge in [0.05, 0.1) is 11.2 Å². The van der Waals surface area contributed by atoms with Crippen LogP contribution in [0.15, 0.2) is 0 Å². The topological polar surface area (TPSA) is 35.2 Å². The molecule has 0 aromatic carbocycles. The zero-order valence-electron chi connectivity index (χ0n) is 10.7. The van der Waals surface area contributed by atoms with Gasteiger partial charge < -0.3 is 10.5 Å². The first-order valence-corrected chi connectivity index (χ1v) is 6.77. The fraction of sp³-hybridized carbons (Fsp3) is 1.00. The average molecular weight is 231 g/mol. The van der Waals surface area contributed by atoms with Gasteiger partial charge in [-0.15, -0.1) is 0 Å². The molecule has 1 aliphatic rings. The first-order chi connectivity index (χ1) is 6.77. The van der Waals surface area contributed by atoms with E-state index in [1.54, 1.807) is 0 Å². The molecule has 1 rings (SSSR count). The molecule has 90 valence electrons. The second-order valence-corrected chi connectivity index (χ2v) is 7.33. The van der Waals surface area contributed by atoms with Gasteiger partial charge in [0.15, 0.2) is 0 Å². The van der Waals surface area contributed by atoms with Crippen LogP contribution >= 0.6 is 11.8 Å². The summed E-state index contributed by atoms with van der Waals surface area (Å²) in [5.74, 6) is 0. The molecular weight excluding hydrogens is 206 g/mol. The highest BCUT2D eigenvalue weighted by atomic mass is 32.2. The van der Waals surface area contributed by atoms with Crippen LogP contribution in [0.4, 0.5) is 0 Å². The van der Waals surface area contributed by atoms with Crippen molar-refractivity contribution in [3.63, 3.8) is 0 Å². The zero-order valence-corrected chi connectivity index (χ0v) is 11.5. The van der Waals surface area contributed by atoms with E-state index in [0.29, 0.717) is 10.5 Å². The average Bonchev–Trinajstić information content (AvgIpc) is 2.19. The van der Waals surface area contributed by atoms with Crippen LogP contribution in [0.5, 0.6) is 0 Å². The van der Waals surface area contributed by atoms with Crippen LogP contribution in [0, 0.1) is 0 Å². The van der Waals surface area contributed by atoms with Gasteiger partial charge >= 0.3 is 0 Å². The van der Waals surface area contributed by atoms with Crippen LogP contribution in [-0.2, 0) is 4.74 Å². The lowest BCUT2D eigenvalue weighted by atomic mass is 10.0. The van der Waals surface area contributed by atoms with Gasteiger partial charge in [-0.3, -0.25) is 0 Å². The fourth-order valence-corrected chi connectivity index (χ4v) is 4.01. The highest BCUT2D eigenvalue weighted by Crippen LogP contribution is 2.45. The summed E-state index contributed by atoms with van der Waals surface area (Å²) in [5, 5.41) is 1.23. The quantitative estimate of drug-likeness (QED) is 0.808. The Morgan fingerprint density at radius 2 is 2.00 bits per heavy atom. The maximum atomic E-state index is 6.08. The van der Waals surface area contributed by atoms with Gasteiger partial charge in [0.25, 0.3) is 0 Å². The van der Waals surface area contributed by atoms with E-state index in [4.69, 9.17) is 10.5 Å². The van der Waals surface area contributed by atoms with Crippen molar-refractivity contribution in [3.8, 4) is 0 Å². The molecule has 0 radical (unpaired) electrons. The molecule has 0 spiro atoms. The van der Waals surface area contributed by atoms with Crippen LogP contribution in [0.2, 0.25) is 0 Å². The molecule has 1 saturated heterocycles. The zero-order chi connectivity index (χ0) is 11.7. The summed E-state index contributed by atoms with van der Waals surface area (Å²) in [6.45, 7) is 11.8. The van der Waals surface area contributed by atoms with E-state index in [1.165, 1.54) is 0 Å². The number of hydrogen-bond donors (Lipinski definition) is 1. The summed E-state index contributed by atoms with van der Waals surface area (Å²) in [6.07, 6.45) is 2.23. The Bertz CT molecular complexity index is 216. The maximum Gasteiger partial charge on any atom is 0.0753 e. The predicted molar refractivity (Wildman–Crippen MR) is 68.4 cm³/mol. The van der Waals surface area contributed by atoms with Gasteiger partial charge in [-0.1, -0.05) is 6.92 Å². The second kappa shape index (κ2) is 4.64. The van der Waals surface area contributed by atoms with Gasteiger partial charge in [-0.25, -0.2) is 0 Å². The van der Waals surface area contributed by atoms with Crippen LogP contribution in [0.25, 0.3) is 0 Å². The van der Waals surface area contributed by atoms with Gasteiger partial charge in [-0.05, 0) is 47.1 Å². The number of ether oxygens (including phenoxy) is 1. The smallest absolute Gasteiger partial charge is 0.0753 e. The Labute approximate surface area is 98.3 Å². The second-order valence-electron chi connectivity index (χ2n) is 5.68. The van der Waals surface area contributed by atoms with E-state index in [-0.39, 0.29) is 11.2 Å². The van der Waals surface area contributed by atoms with Crippen molar-refractivity contribution in [3.05, 3.63) is 0 Å². The van der Waals surface area contributed by atoms with E-state index >= 15 is 0 Å². The number of nitrogens with two attached hydrogens (primary N) is 1. The highest BCUT2D eigenvalue weighted by Gasteiger charge is 2.46. The van der Waals surface area contributed by atoms with Crippen LogP contribution in [0.1, 0.15) is 47.5 Å². The monoisotopic (exact) mass is 231 g/mol. The normalized spacial score (nSPS) is 30.4. The van der Waals surface area contributed by atoms with Gasteiger partial charge in [0, 0.05) is 10.5 Å². The Morgan fingerprint density at radius 3 is 2.40 bits per heavy atom. The molecule has 15 heavy (non-hydrogen) atoms. The standard InChI is InChI=1S/C12H25NOS/c1-9(6-7-13)15-10-8-11(2,3)14-12(10,4)5/h9-10H,6-8,13H2,1-5H3. The summed E-state index contributed by atoms with van der Waals surface area (Å²) < 4.78 is 6.08. The third-order valence-electron chi connectivity index (χ3n) is 2.96. The van der Waals surface area contributed by atoms with E-state index in [1.807, 2.05) is 11.8 Å². The lowest BCUT2D eigenvalue weighted by Crippen LogP contribution is -2.32. The molecule has 0 aromatic heterocycles. The van der Waals surface area contributed by atoms with Gasteiger partial charge in [0.1, 0.15) is 0 Å². The van der Waals surface area contributed by atoms with E-state index in [0.717, 1.165) is 19.4 Å². The van der Waals surface area contributed by atoms with Crippen LogP contribution in [0.3, 0.4) is 0 Å². The molecule has 1 fully saturated rings. The largest absolute Gasteiger partial charge is 0.369 e. The van der Waals surface area contributed by atoms with Crippen molar-refractivity contribution in [2.45, 2.75) is 69.2 Å². The molecule has 1 aliphatic heterocycles. The molecule has 0 saturated carbocycles. The lowest BCUT2D eigenvalue weighted by Gasteiger charge is -2.28. The lowest BCUT2D eigenvalue weighted by molar-refractivity contribution is -0.0632. The third kappa shape index (κ3) is 3.65. The molecule has 0 aliphatic carbocycles. The SMILES string of the molecule is CC(CCN)SC1CC(C)(C)OC1(C)C. The molecule has 2 nitrogen and oxygen atoms in total. The maximum absolute atomic E-state index is 6.08. The molecule has 1 heterocycles. The molecule has 2 unspecified atom stereocenters. The highest BCUT2D eigenvalue weighted by molar-refractivity contribution is 8.00. The molecule has 3 heteroatoms. The molecule has 2 N–H and O–H groups in total. The predicted octanol–water partition coefficient (Wildman–Crippen LogP) is 2.80. The Morgan fingerprint density at radius 1 is 1.40 bits per heavy atom. The van der Waals surface area contributed by atoms with Crippen molar-refractivity contribution in [2.24, 2.45) is 5.73 Å². The summed E-state index contributed by atoms with van der Waals surface area (Å²) in [6, 6.07) is 0. The molecule has 0 bridgehead atoms. The van der Waals surface area contributed by atoms with Crippen molar-refractivity contribution in [1.29, 1.82) is 0 Å². The summed E-state index contributed by atoms with van der Waals surface area (Å²) in [4.78, 5) is 0. The van der Waals surface area contributed by atoms with Crippen LogP contribution in [-0.4, -0.2) is 28.2 Å². The van der Waals surface area contributed by atoms with Crippen molar-refractivity contribution in [2.75, 3.05) is 6.54 Å². The minimum Gasteiger partial charge on any atom is -0.369 e. The van der Waals surface area contributed by atoms with E-state index in [9.17, 15) is 0 Å². The Hall–Kier alpha value is 0.270. The Balaban J connectivity index is 2.55.